The molecule has 3 heterocycles. The molecule has 0 amide bonds. The Hall–Kier alpha value is -3.61. The molecule has 1 fully saturated rings. The third kappa shape index (κ3) is 3.92. The van der Waals surface area contributed by atoms with Crippen molar-refractivity contribution in [1.29, 1.82) is 0 Å². The van der Waals surface area contributed by atoms with Crippen LogP contribution in [0.4, 0.5) is 21.7 Å². The first-order valence-corrected chi connectivity index (χ1v) is 14.6. The van der Waals surface area contributed by atoms with Gasteiger partial charge in [0.1, 0.15) is 10.7 Å². The molecule has 4 aromatic rings. The van der Waals surface area contributed by atoms with Crippen molar-refractivity contribution >= 4 is 37.4 Å². The SMILES string of the molecule is O=S(=O)(c1ccc(F)cc1)N1CCC(c2nc3n(n2)S(=O)(=O)c2ccccc2N3c2ccccc2)CC1. The maximum atomic E-state index is 13.5. The minimum absolute atomic E-state index is 0.0327. The number of anilines is 3. The van der Waals surface area contributed by atoms with Crippen molar-refractivity contribution in [2.24, 2.45) is 0 Å². The van der Waals surface area contributed by atoms with Gasteiger partial charge in [0.05, 0.1) is 10.6 Å². The summed E-state index contributed by atoms with van der Waals surface area (Å²) in [6, 6.07) is 20.8. The lowest BCUT2D eigenvalue weighted by Crippen LogP contribution is -2.38. The summed E-state index contributed by atoms with van der Waals surface area (Å²) >= 11 is 0. The van der Waals surface area contributed by atoms with E-state index in [1.165, 1.54) is 16.4 Å². The number of hydrogen-bond donors (Lipinski definition) is 0. The molecule has 3 aromatic carbocycles. The molecule has 9 nitrogen and oxygen atoms in total. The molecule has 2 aliphatic heterocycles. The minimum Gasteiger partial charge on any atom is -0.277 e. The van der Waals surface area contributed by atoms with Crippen molar-refractivity contribution in [3.63, 3.8) is 0 Å². The van der Waals surface area contributed by atoms with Crippen molar-refractivity contribution in [2.45, 2.75) is 28.6 Å². The number of piperidine rings is 1. The van der Waals surface area contributed by atoms with Crippen molar-refractivity contribution in [2.75, 3.05) is 18.0 Å². The highest BCUT2D eigenvalue weighted by atomic mass is 32.2. The first-order valence-electron chi connectivity index (χ1n) is 11.7. The second kappa shape index (κ2) is 8.75. The fourth-order valence-electron chi connectivity index (χ4n) is 4.78. The average Bonchev–Trinajstić information content (AvgIpc) is 3.36. The van der Waals surface area contributed by atoms with Crippen LogP contribution in [-0.2, 0) is 20.0 Å². The first kappa shape index (κ1) is 23.8. The number of sulfonamides is 1. The molecule has 0 saturated carbocycles. The Labute approximate surface area is 213 Å². The Kier molecular flexibility index (Phi) is 5.62. The predicted molar refractivity (Wildman–Crippen MR) is 134 cm³/mol. The van der Waals surface area contributed by atoms with Crippen LogP contribution >= 0.6 is 0 Å². The lowest BCUT2D eigenvalue weighted by molar-refractivity contribution is 0.313. The first-order chi connectivity index (χ1) is 17.8. The van der Waals surface area contributed by atoms with Gasteiger partial charge < -0.3 is 0 Å². The molecule has 1 saturated heterocycles. The Morgan fingerprint density at radius 3 is 2.22 bits per heavy atom. The normalized spacial score (nSPS) is 17.8. The van der Waals surface area contributed by atoms with E-state index in [1.54, 1.807) is 29.2 Å². The van der Waals surface area contributed by atoms with Gasteiger partial charge in [0, 0.05) is 24.7 Å². The van der Waals surface area contributed by atoms with Crippen LogP contribution in [0.1, 0.15) is 24.6 Å². The zero-order valence-corrected chi connectivity index (χ0v) is 21.1. The summed E-state index contributed by atoms with van der Waals surface area (Å²) in [6.45, 7) is 0.424. The maximum Gasteiger partial charge on any atom is 0.288 e. The van der Waals surface area contributed by atoms with Gasteiger partial charge in [-0.2, -0.15) is 17.7 Å². The Balaban J connectivity index is 1.33. The van der Waals surface area contributed by atoms with E-state index in [4.69, 9.17) is 0 Å². The lowest BCUT2D eigenvalue weighted by atomic mass is 9.98. The van der Waals surface area contributed by atoms with Gasteiger partial charge in [0.2, 0.25) is 16.0 Å². The standard InChI is InChI=1S/C25H22FN5O4S2/c26-19-10-12-21(13-11-19)36(32,33)29-16-14-18(15-17-29)24-27-25-30(20-6-2-1-3-7-20)22-8-4-5-9-23(22)37(34,35)31(25)28-24/h1-13,18H,14-17H2. The zero-order chi connectivity index (χ0) is 25.8. The largest absolute Gasteiger partial charge is 0.288 e. The molecule has 190 valence electrons. The summed E-state index contributed by atoms with van der Waals surface area (Å²) in [5.41, 5.74) is 1.23. The number of para-hydroxylation sites is 2. The second-order valence-corrected chi connectivity index (χ2v) is 12.6. The predicted octanol–water partition coefficient (Wildman–Crippen LogP) is 4.01. The number of aromatic nitrogens is 3. The van der Waals surface area contributed by atoms with Crippen LogP contribution in [0, 0.1) is 5.82 Å². The second-order valence-electron chi connectivity index (χ2n) is 8.89. The van der Waals surface area contributed by atoms with E-state index in [0.717, 1.165) is 21.9 Å². The highest BCUT2D eigenvalue weighted by Crippen LogP contribution is 2.43. The van der Waals surface area contributed by atoms with Crippen molar-refractivity contribution in [1.82, 2.24) is 18.5 Å². The number of benzene rings is 3. The van der Waals surface area contributed by atoms with Crippen LogP contribution in [0.2, 0.25) is 0 Å². The minimum atomic E-state index is -3.97. The van der Waals surface area contributed by atoms with E-state index in [2.05, 4.69) is 10.1 Å². The number of hydrogen-bond acceptors (Lipinski definition) is 7. The molecule has 0 radical (unpaired) electrons. The summed E-state index contributed by atoms with van der Waals surface area (Å²) in [6.07, 6.45) is 0.838. The molecule has 0 N–H and O–H groups in total. The van der Waals surface area contributed by atoms with Gasteiger partial charge in [-0.25, -0.2) is 12.8 Å². The summed E-state index contributed by atoms with van der Waals surface area (Å²) in [5.74, 6) is -0.213. The zero-order valence-electron chi connectivity index (χ0n) is 19.5. The van der Waals surface area contributed by atoms with E-state index in [9.17, 15) is 21.2 Å². The third-order valence-electron chi connectivity index (χ3n) is 6.68. The van der Waals surface area contributed by atoms with Gasteiger partial charge in [-0.1, -0.05) is 30.3 Å². The molecular formula is C25H22FN5O4S2. The Bertz CT molecular complexity index is 1680. The smallest absolute Gasteiger partial charge is 0.277 e. The van der Waals surface area contributed by atoms with Gasteiger partial charge in [-0.15, -0.1) is 9.19 Å². The molecule has 12 heteroatoms. The van der Waals surface area contributed by atoms with E-state index in [1.807, 2.05) is 30.3 Å². The van der Waals surface area contributed by atoms with Crippen LogP contribution < -0.4 is 4.90 Å². The van der Waals surface area contributed by atoms with Gasteiger partial charge in [-0.3, -0.25) is 4.90 Å². The van der Waals surface area contributed by atoms with E-state index >= 15 is 0 Å². The van der Waals surface area contributed by atoms with Crippen LogP contribution in [0.3, 0.4) is 0 Å². The molecule has 0 unspecified atom stereocenters. The highest BCUT2D eigenvalue weighted by molar-refractivity contribution is 7.90. The summed E-state index contributed by atoms with van der Waals surface area (Å²) in [5, 5.41) is 4.42. The van der Waals surface area contributed by atoms with Gasteiger partial charge >= 0.3 is 0 Å². The van der Waals surface area contributed by atoms with E-state index in [0.29, 0.717) is 24.4 Å². The van der Waals surface area contributed by atoms with Crippen LogP contribution in [0.15, 0.2) is 88.7 Å². The molecule has 0 bridgehead atoms. The van der Waals surface area contributed by atoms with E-state index in [-0.39, 0.29) is 34.7 Å². The van der Waals surface area contributed by atoms with Crippen LogP contribution in [0.25, 0.3) is 0 Å². The number of halogens is 1. The fourth-order valence-corrected chi connectivity index (χ4v) is 7.64. The van der Waals surface area contributed by atoms with Crippen LogP contribution in [0.5, 0.6) is 0 Å². The Morgan fingerprint density at radius 2 is 1.51 bits per heavy atom. The lowest BCUT2D eigenvalue weighted by Gasteiger charge is -2.30. The van der Waals surface area contributed by atoms with Gasteiger partial charge in [-0.05, 0) is 61.4 Å². The van der Waals surface area contributed by atoms with Crippen LogP contribution in [-0.4, -0.2) is 48.4 Å². The molecule has 2 aliphatic rings. The number of fused-ring (bicyclic) bond motifs is 2. The Morgan fingerprint density at radius 1 is 0.865 bits per heavy atom. The summed E-state index contributed by atoms with van der Waals surface area (Å²) in [7, 11) is -7.74. The number of nitrogens with zero attached hydrogens (tertiary/aromatic N) is 5. The highest BCUT2D eigenvalue weighted by Gasteiger charge is 2.39. The fraction of sp³-hybridized carbons (Fsp3) is 0.200. The molecule has 1 aromatic heterocycles. The number of rotatable bonds is 4. The molecule has 0 atom stereocenters. The molecule has 0 aliphatic carbocycles. The topological polar surface area (TPSA) is 105 Å². The van der Waals surface area contributed by atoms with Gasteiger partial charge in [0.15, 0.2) is 5.82 Å². The molecule has 37 heavy (non-hydrogen) atoms. The quantitative estimate of drug-likeness (QED) is 0.340. The van der Waals surface area contributed by atoms with E-state index < -0.39 is 25.9 Å². The van der Waals surface area contributed by atoms with Crippen molar-refractivity contribution in [3.05, 3.63) is 90.5 Å². The molecule has 0 spiro atoms. The van der Waals surface area contributed by atoms with Crippen molar-refractivity contribution in [3.8, 4) is 0 Å². The molecule has 6 rings (SSSR count). The summed E-state index contributed by atoms with van der Waals surface area (Å²) in [4.78, 5) is 6.60. The third-order valence-corrected chi connectivity index (χ3v) is 10.2. The monoisotopic (exact) mass is 539 g/mol. The summed E-state index contributed by atoms with van der Waals surface area (Å²) < 4.78 is 68.5. The van der Waals surface area contributed by atoms with Crippen molar-refractivity contribution < 1.29 is 21.2 Å². The average molecular weight is 540 g/mol. The maximum absolute atomic E-state index is 13.5. The molecular weight excluding hydrogens is 517 g/mol. The van der Waals surface area contributed by atoms with Gasteiger partial charge in [0.25, 0.3) is 10.0 Å².